The van der Waals surface area contributed by atoms with Crippen LogP contribution in [0.5, 0.6) is 0 Å². The summed E-state index contributed by atoms with van der Waals surface area (Å²) >= 11 is 0. The Balaban J connectivity index is 1.60. The molecule has 3 aliphatic rings. The summed E-state index contributed by atoms with van der Waals surface area (Å²) in [6.45, 7) is 6.56. The first-order valence-electron chi connectivity index (χ1n) is 12.8. The monoisotopic (exact) mass is 534 g/mol. The number of ether oxygens (including phenoxy) is 4. The van der Waals surface area contributed by atoms with Crippen LogP contribution in [-0.2, 0) is 23.7 Å². The van der Waals surface area contributed by atoms with E-state index in [1.165, 1.54) is 0 Å². The number of aliphatic hydroxyl groups is 7. The van der Waals surface area contributed by atoms with E-state index in [1.807, 2.05) is 6.92 Å². The van der Waals surface area contributed by atoms with E-state index in [4.69, 9.17) is 18.9 Å². The Hall–Kier alpha value is -1.03. The Labute approximate surface area is 216 Å². The summed E-state index contributed by atoms with van der Waals surface area (Å²) in [6.07, 6.45) is -11.8. The largest absolute Gasteiger partial charge is 0.394 e. The molecule has 0 aromatic heterocycles. The molecule has 2 fully saturated rings. The number of ketones is 1. The van der Waals surface area contributed by atoms with Crippen LogP contribution < -0.4 is 0 Å². The van der Waals surface area contributed by atoms with Crippen molar-refractivity contribution in [1.29, 1.82) is 0 Å². The molecule has 0 radical (unpaired) electrons. The Kier molecular flexibility index (Phi) is 10.3. The van der Waals surface area contributed by atoms with Crippen molar-refractivity contribution in [3.63, 3.8) is 0 Å². The van der Waals surface area contributed by atoms with Crippen LogP contribution in [0.3, 0.4) is 0 Å². The number of rotatable bonds is 9. The normalized spacial score (nSPS) is 43.4. The van der Waals surface area contributed by atoms with Gasteiger partial charge in [-0.15, -0.1) is 0 Å². The lowest BCUT2D eigenvalue weighted by molar-refractivity contribution is -0.362. The second-order valence-corrected chi connectivity index (χ2v) is 11.1. The lowest BCUT2D eigenvalue weighted by Gasteiger charge is -2.46. The topological polar surface area (TPSA) is 196 Å². The zero-order chi connectivity index (χ0) is 27.7. The highest BCUT2D eigenvalue weighted by atomic mass is 16.7. The standard InChI is InChI=1S/C25H42O12/c1-11-7-13(28)8-25(3,4)14(11)6-5-12(2)34-23-21(33)19(31)22(16(10-27)36-23)37-24-20(32)18(30)17(29)15(9-26)35-24/h7,12,14-24,26-27,29-33H,5-6,8-10H2,1-4H3/t12-,14-,15-,16-,17-,18+,19-,20-,21-,22-,23-,24+/m1/s1. The van der Waals surface area contributed by atoms with E-state index in [0.717, 1.165) is 12.0 Å². The van der Waals surface area contributed by atoms with Crippen LogP contribution in [0.15, 0.2) is 11.6 Å². The van der Waals surface area contributed by atoms with Crippen molar-refractivity contribution >= 4 is 5.78 Å². The van der Waals surface area contributed by atoms with Crippen molar-refractivity contribution < 1.29 is 59.5 Å². The molecule has 37 heavy (non-hydrogen) atoms. The molecule has 0 unspecified atom stereocenters. The van der Waals surface area contributed by atoms with Gasteiger partial charge in [-0.1, -0.05) is 19.4 Å². The van der Waals surface area contributed by atoms with Gasteiger partial charge in [-0.3, -0.25) is 4.79 Å². The number of hydrogen-bond acceptors (Lipinski definition) is 12. The minimum atomic E-state index is -1.73. The second-order valence-electron chi connectivity index (χ2n) is 11.1. The summed E-state index contributed by atoms with van der Waals surface area (Å²) in [7, 11) is 0. The first-order chi connectivity index (χ1) is 17.3. The molecule has 2 saturated heterocycles. The van der Waals surface area contributed by atoms with Gasteiger partial charge >= 0.3 is 0 Å². The van der Waals surface area contributed by atoms with Crippen molar-refractivity contribution in [1.82, 2.24) is 0 Å². The van der Waals surface area contributed by atoms with Crippen LogP contribution in [0.2, 0.25) is 0 Å². The van der Waals surface area contributed by atoms with E-state index in [9.17, 15) is 40.5 Å². The molecule has 214 valence electrons. The zero-order valence-corrected chi connectivity index (χ0v) is 21.7. The van der Waals surface area contributed by atoms with Crippen molar-refractivity contribution in [2.24, 2.45) is 11.3 Å². The Bertz CT molecular complexity index is 799. The first kappa shape index (κ1) is 30.5. The molecule has 2 heterocycles. The summed E-state index contributed by atoms with van der Waals surface area (Å²) in [5, 5.41) is 70.8. The van der Waals surface area contributed by atoms with Gasteiger partial charge in [0.05, 0.1) is 19.3 Å². The van der Waals surface area contributed by atoms with Crippen LogP contribution in [0.1, 0.15) is 47.0 Å². The van der Waals surface area contributed by atoms with E-state index in [2.05, 4.69) is 13.8 Å². The van der Waals surface area contributed by atoms with Crippen molar-refractivity contribution in [2.75, 3.05) is 13.2 Å². The molecular formula is C25H42O12. The number of hydrogen-bond donors (Lipinski definition) is 7. The molecule has 3 rings (SSSR count). The van der Waals surface area contributed by atoms with Gasteiger partial charge in [-0.25, -0.2) is 0 Å². The molecule has 0 aromatic rings. The predicted octanol–water partition coefficient (Wildman–Crippen LogP) is -1.64. The molecule has 7 N–H and O–H groups in total. The molecule has 12 nitrogen and oxygen atoms in total. The van der Waals surface area contributed by atoms with Gasteiger partial charge in [0, 0.05) is 6.42 Å². The van der Waals surface area contributed by atoms with Gasteiger partial charge in [0.25, 0.3) is 0 Å². The molecule has 12 atom stereocenters. The fourth-order valence-electron chi connectivity index (χ4n) is 5.58. The van der Waals surface area contributed by atoms with E-state index < -0.39 is 80.7 Å². The first-order valence-corrected chi connectivity index (χ1v) is 12.8. The third kappa shape index (κ3) is 6.76. The Morgan fingerprint density at radius 2 is 1.54 bits per heavy atom. The fourth-order valence-corrected chi connectivity index (χ4v) is 5.58. The third-order valence-corrected chi connectivity index (χ3v) is 7.70. The van der Waals surface area contributed by atoms with Crippen LogP contribution in [0.25, 0.3) is 0 Å². The number of allylic oxidation sites excluding steroid dienone is 2. The van der Waals surface area contributed by atoms with Crippen LogP contribution in [0.4, 0.5) is 0 Å². The SMILES string of the molecule is CC1=CC(=O)CC(C)(C)[C@@H]1CC[C@@H](C)O[C@@H]1O[C@H](CO)[C@@H](O[C@@H]2O[C@H](CO)[C@@H](O)[C@H](O)[C@H]2O)[C@H](O)[C@H]1O. The van der Waals surface area contributed by atoms with Crippen LogP contribution in [0, 0.1) is 11.3 Å². The third-order valence-electron chi connectivity index (χ3n) is 7.70. The van der Waals surface area contributed by atoms with Gasteiger partial charge < -0.3 is 54.7 Å². The van der Waals surface area contributed by atoms with Crippen molar-refractivity contribution in [3.05, 3.63) is 11.6 Å². The zero-order valence-electron chi connectivity index (χ0n) is 21.7. The number of carbonyl (C=O) groups excluding carboxylic acids is 1. The van der Waals surface area contributed by atoms with E-state index in [1.54, 1.807) is 13.0 Å². The molecule has 0 aromatic carbocycles. The smallest absolute Gasteiger partial charge is 0.187 e. The summed E-state index contributed by atoms with van der Waals surface area (Å²) in [5.74, 6) is 0.298. The molecule has 12 heteroatoms. The van der Waals surface area contributed by atoms with Crippen molar-refractivity contribution in [3.8, 4) is 0 Å². The highest BCUT2D eigenvalue weighted by Crippen LogP contribution is 2.42. The van der Waals surface area contributed by atoms with Gasteiger partial charge in [0.15, 0.2) is 18.4 Å². The number of carbonyl (C=O) groups is 1. The second kappa shape index (κ2) is 12.4. The lowest BCUT2D eigenvalue weighted by atomic mass is 9.66. The van der Waals surface area contributed by atoms with Gasteiger partial charge in [-0.2, -0.15) is 0 Å². The highest BCUT2D eigenvalue weighted by molar-refractivity contribution is 5.91. The van der Waals surface area contributed by atoms with Crippen LogP contribution >= 0.6 is 0 Å². The summed E-state index contributed by atoms with van der Waals surface area (Å²) in [4.78, 5) is 11.9. The van der Waals surface area contributed by atoms with Gasteiger partial charge in [0.1, 0.15) is 48.8 Å². The maximum absolute atomic E-state index is 11.9. The van der Waals surface area contributed by atoms with Gasteiger partial charge in [-0.05, 0) is 44.1 Å². The minimum Gasteiger partial charge on any atom is -0.394 e. The molecule has 2 aliphatic heterocycles. The van der Waals surface area contributed by atoms with E-state index in [0.29, 0.717) is 12.8 Å². The van der Waals surface area contributed by atoms with Gasteiger partial charge in [0.2, 0.25) is 0 Å². The summed E-state index contributed by atoms with van der Waals surface area (Å²) in [5.41, 5.74) is 0.829. The van der Waals surface area contributed by atoms with E-state index in [-0.39, 0.29) is 17.1 Å². The Morgan fingerprint density at radius 1 is 0.946 bits per heavy atom. The molecule has 0 saturated carbocycles. The summed E-state index contributed by atoms with van der Waals surface area (Å²) in [6, 6.07) is 0. The molecule has 1 aliphatic carbocycles. The Morgan fingerprint density at radius 3 is 2.14 bits per heavy atom. The van der Waals surface area contributed by atoms with Crippen LogP contribution in [-0.4, -0.2) is 122 Å². The minimum absolute atomic E-state index is 0.117. The molecule has 0 spiro atoms. The van der Waals surface area contributed by atoms with Crippen molar-refractivity contribution in [2.45, 2.75) is 114 Å². The molecular weight excluding hydrogens is 492 g/mol. The average Bonchev–Trinajstić information content (AvgIpc) is 2.82. The molecule has 0 amide bonds. The fraction of sp³-hybridized carbons (Fsp3) is 0.880. The average molecular weight is 535 g/mol. The maximum atomic E-state index is 11.9. The van der Waals surface area contributed by atoms with E-state index >= 15 is 0 Å². The predicted molar refractivity (Wildman–Crippen MR) is 127 cm³/mol. The highest BCUT2D eigenvalue weighted by Gasteiger charge is 2.51. The quantitative estimate of drug-likeness (QED) is 0.178. The number of aliphatic hydroxyl groups excluding tert-OH is 7. The lowest BCUT2D eigenvalue weighted by Crippen LogP contribution is -2.64. The maximum Gasteiger partial charge on any atom is 0.187 e. The summed E-state index contributed by atoms with van der Waals surface area (Å²) < 4.78 is 22.4. The molecule has 0 bridgehead atoms.